The van der Waals surface area contributed by atoms with E-state index in [1.54, 1.807) is 0 Å². The highest BCUT2D eigenvalue weighted by Gasteiger charge is 2.38. The molecule has 1 saturated carbocycles. The van der Waals surface area contributed by atoms with Crippen molar-refractivity contribution in [3.63, 3.8) is 0 Å². The maximum Gasteiger partial charge on any atom is 0.315 e. The maximum absolute atomic E-state index is 13.1. The van der Waals surface area contributed by atoms with Crippen molar-refractivity contribution >= 4 is 11.9 Å². The summed E-state index contributed by atoms with van der Waals surface area (Å²) in [5, 5.41) is 0. The second-order valence-corrected chi connectivity index (χ2v) is 8.72. The molecule has 2 aromatic rings. The van der Waals surface area contributed by atoms with Crippen molar-refractivity contribution in [1.82, 2.24) is 0 Å². The average molecular weight is 437 g/mol. The number of hydrogen-bond donors (Lipinski definition) is 0. The Morgan fingerprint density at radius 1 is 0.781 bits per heavy atom. The Kier molecular flexibility index (Phi) is 9.80. The number of carbonyl (C=O) groups excluding carboxylic acids is 2. The van der Waals surface area contributed by atoms with E-state index in [-0.39, 0.29) is 11.9 Å². The lowest BCUT2D eigenvalue weighted by molar-refractivity contribution is -0.158. The molecular formula is C28H36O4. The highest BCUT2D eigenvalue weighted by molar-refractivity contribution is 5.85. The van der Waals surface area contributed by atoms with Gasteiger partial charge in [-0.05, 0) is 30.9 Å². The molecule has 0 amide bonds. The zero-order chi connectivity index (χ0) is 22.6. The number of unbranched alkanes of at least 4 members (excludes halogenated alkanes) is 5. The minimum atomic E-state index is -0.440. The molecule has 172 valence electrons. The number of hydrogen-bond acceptors (Lipinski definition) is 4. The minimum Gasteiger partial charge on any atom is -0.465 e. The molecule has 0 bridgehead atoms. The Balaban J connectivity index is 1.58. The van der Waals surface area contributed by atoms with E-state index >= 15 is 0 Å². The molecule has 0 aromatic heterocycles. The topological polar surface area (TPSA) is 52.6 Å². The van der Waals surface area contributed by atoms with Crippen molar-refractivity contribution in [2.75, 3.05) is 6.61 Å². The number of carbonyl (C=O) groups is 2. The molecule has 3 rings (SSSR count). The third-order valence-corrected chi connectivity index (χ3v) is 6.30. The van der Waals surface area contributed by atoms with Crippen molar-refractivity contribution in [2.45, 2.75) is 71.1 Å². The molecule has 32 heavy (non-hydrogen) atoms. The summed E-state index contributed by atoms with van der Waals surface area (Å²) in [7, 11) is 0. The van der Waals surface area contributed by atoms with Crippen LogP contribution in [0.1, 0.15) is 71.1 Å². The van der Waals surface area contributed by atoms with Crippen LogP contribution in [0.2, 0.25) is 0 Å². The van der Waals surface area contributed by atoms with Crippen molar-refractivity contribution in [2.24, 2.45) is 11.8 Å². The fourth-order valence-electron chi connectivity index (χ4n) is 4.45. The Hall–Kier alpha value is -2.62. The maximum atomic E-state index is 13.1. The third-order valence-electron chi connectivity index (χ3n) is 6.30. The first-order valence-electron chi connectivity index (χ1n) is 12.2. The van der Waals surface area contributed by atoms with Crippen LogP contribution in [0.4, 0.5) is 0 Å². The van der Waals surface area contributed by atoms with Gasteiger partial charge in [-0.1, -0.05) is 100 Å². The number of ether oxygens (including phenoxy) is 2. The molecule has 0 aliphatic heterocycles. The summed E-state index contributed by atoms with van der Waals surface area (Å²) < 4.78 is 11.4. The molecule has 4 nitrogen and oxygen atoms in total. The molecular weight excluding hydrogens is 400 g/mol. The van der Waals surface area contributed by atoms with Crippen molar-refractivity contribution in [1.29, 1.82) is 0 Å². The smallest absolute Gasteiger partial charge is 0.315 e. The summed E-state index contributed by atoms with van der Waals surface area (Å²) in [6, 6.07) is 17.4. The lowest BCUT2D eigenvalue weighted by Crippen LogP contribution is -2.36. The van der Waals surface area contributed by atoms with Crippen LogP contribution in [0.15, 0.2) is 54.6 Å². The number of rotatable bonds is 11. The van der Waals surface area contributed by atoms with Crippen molar-refractivity contribution in [3.05, 3.63) is 54.6 Å². The summed E-state index contributed by atoms with van der Waals surface area (Å²) >= 11 is 0. The molecule has 0 heterocycles. The number of benzene rings is 2. The lowest BCUT2D eigenvalue weighted by Gasteiger charge is -2.28. The van der Waals surface area contributed by atoms with Gasteiger partial charge >= 0.3 is 11.9 Å². The Morgan fingerprint density at radius 3 is 2.16 bits per heavy atom. The Bertz CT molecular complexity index is 846. The van der Waals surface area contributed by atoms with E-state index in [1.165, 1.54) is 25.7 Å². The normalized spacial score (nSPS) is 18.2. The first kappa shape index (κ1) is 24.0. The molecule has 4 heteroatoms. The van der Waals surface area contributed by atoms with Gasteiger partial charge in [0.05, 0.1) is 18.4 Å². The molecule has 2 unspecified atom stereocenters. The van der Waals surface area contributed by atoms with Crippen LogP contribution in [0.3, 0.4) is 0 Å². The van der Waals surface area contributed by atoms with Crippen LogP contribution in [0.25, 0.3) is 11.1 Å². The SMILES string of the molecule is CCCCCCCCOC(=O)C1CCCCC1C(=O)Oc1ccccc1-c1ccccc1. The van der Waals surface area contributed by atoms with E-state index in [1.807, 2.05) is 54.6 Å². The van der Waals surface area contributed by atoms with Crippen LogP contribution in [0, 0.1) is 11.8 Å². The summed E-state index contributed by atoms with van der Waals surface area (Å²) in [4.78, 5) is 25.9. The summed E-state index contributed by atoms with van der Waals surface area (Å²) in [6.45, 7) is 2.65. The first-order valence-corrected chi connectivity index (χ1v) is 12.2. The average Bonchev–Trinajstić information content (AvgIpc) is 2.84. The molecule has 0 spiro atoms. The van der Waals surface area contributed by atoms with E-state index in [4.69, 9.17) is 9.47 Å². The number of esters is 2. The Morgan fingerprint density at radius 2 is 1.41 bits per heavy atom. The van der Waals surface area contributed by atoms with Crippen molar-refractivity contribution < 1.29 is 19.1 Å². The van der Waals surface area contributed by atoms with E-state index in [2.05, 4.69) is 6.92 Å². The van der Waals surface area contributed by atoms with Gasteiger partial charge in [0.25, 0.3) is 0 Å². The molecule has 0 radical (unpaired) electrons. The van der Waals surface area contributed by atoms with E-state index < -0.39 is 11.8 Å². The molecule has 2 aromatic carbocycles. The van der Waals surface area contributed by atoms with Crippen LogP contribution in [-0.2, 0) is 14.3 Å². The van der Waals surface area contributed by atoms with Crippen LogP contribution < -0.4 is 4.74 Å². The van der Waals surface area contributed by atoms with E-state index in [0.717, 1.165) is 36.8 Å². The predicted molar refractivity (Wildman–Crippen MR) is 127 cm³/mol. The quantitative estimate of drug-likeness (QED) is 0.217. The lowest BCUT2D eigenvalue weighted by atomic mass is 9.79. The highest BCUT2D eigenvalue weighted by atomic mass is 16.5. The monoisotopic (exact) mass is 436 g/mol. The fraction of sp³-hybridized carbons (Fsp3) is 0.500. The van der Waals surface area contributed by atoms with Gasteiger partial charge in [-0.15, -0.1) is 0 Å². The van der Waals surface area contributed by atoms with Gasteiger partial charge in [0.1, 0.15) is 5.75 Å². The number of para-hydroxylation sites is 1. The van der Waals surface area contributed by atoms with E-state index in [0.29, 0.717) is 25.2 Å². The predicted octanol–water partition coefficient (Wildman–Crippen LogP) is 6.97. The zero-order valence-corrected chi connectivity index (χ0v) is 19.3. The van der Waals surface area contributed by atoms with Gasteiger partial charge in [-0.2, -0.15) is 0 Å². The van der Waals surface area contributed by atoms with Gasteiger partial charge in [-0.25, -0.2) is 0 Å². The third kappa shape index (κ3) is 6.94. The van der Waals surface area contributed by atoms with Crippen molar-refractivity contribution in [3.8, 4) is 16.9 Å². The molecule has 1 aliphatic rings. The first-order chi connectivity index (χ1) is 15.7. The standard InChI is InChI=1S/C28H36O4/c1-2-3-4-5-6-14-21-31-27(29)24-18-10-11-19-25(24)28(30)32-26-20-13-12-17-23(26)22-15-8-7-9-16-22/h7-9,12-13,15-17,20,24-25H,2-6,10-11,14,18-19,21H2,1H3. The zero-order valence-electron chi connectivity index (χ0n) is 19.3. The van der Waals surface area contributed by atoms with Crippen LogP contribution in [-0.4, -0.2) is 18.5 Å². The van der Waals surface area contributed by atoms with Gasteiger partial charge in [0.2, 0.25) is 0 Å². The Labute approximate surface area is 192 Å². The molecule has 1 fully saturated rings. The molecule has 1 aliphatic carbocycles. The minimum absolute atomic E-state index is 0.239. The van der Waals surface area contributed by atoms with Crippen LogP contribution in [0.5, 0.6) is 5.75 Å². The molecule has 0 saturated heterocycles. The second kappa shape index (κ2) is 13.0. The highest BCUT2D eigenvalue weighted by Crippen LogP contribution is 2.35. The van der Waals surface area contributed by atoms with Gasteiger partial charge in [0, 0.05) is 5.56 Å². The second-order valence-electron chi connectivity index (χ2n) is 8.72. The van der Waals surface area contributed by atoms with Gasteiger partial charge in [0.15, 0.2) is 0 Å². The molecule has 0 N–H and O–H groups in total. The summed E-state index contributed by atoms with van der Waals surface area (Å²) in [5.41, 5.74) is 1.87. The summed E-state index contributed by atoms with van der Waals surface area (Å²) in [5.74, 6) is -0.871. The van der Waals surface area contributed by atoms with Crippen LogP contribution >= 0.6 is 0 Å². The molecule has 2 atom stereocenters. The fourth-order valence-corrected chi connectivity index (χ4v) is 4.45. The summed E-state index contributed by atoms with van der Waals surface area (Å²) in [6.07, 6.45) is 10.1. The van der Waals surface area contributed by atoms with Gasteiger partial charge < -0.3 is 9.47 Å². The largest absolute Gasteiger partial charge is 0.465 e. The van der Waals surface area contributed by atoms with Gasteiger partial charge in [-0.3, -0.25) is 9.59 Å². The van der Waals surface area contributed by atoms with E-state index in [9.17, 15) is 9.59 Å².